The second-order valence-corrected chi connectivity index (χ2v) is 2.73. The molecular weight excluding hydrogens is 166 g/mol. The molecule has 0 radical (unpaired) electrons. The van der Waals surface area contributed by atoms with Gasteiger partial charge in [0.15, 0.2) is 0 Å². The maximum absolute atomic E-state index is 5.45. The molecule has 0 aromatic heterocycles. The maximum Gasteiger partial charge on any atom is 0.119 e. The molecule has 0 bridgehead atoms. The van der Waals surface area contributed by atoms with Gasteiger partial charge >= 0.3 is 0 Å². The summed E-state index contributed by atoms with van der Waals surface area (Å²) in [5.41, 5.74) is 3.74. The van der Waals surface area contributed by atoms with Crippen molar-refractivity contribution in [1.29, 1.82) is 0 Å². The van der Waals surface area contributed by atoms with Crippen molar-refractivity contribution in [3.63, 3.8) is 0 Å². The zero-order valence-electron chi connectivity index (χ0n) is 7.95. The Hall–Kier alpha value is -1.22. The SMILES string of the molecule is COc1ccc(OCCC[NH3+])cc1. The minimum atomic E-state index is 0.732. The number of ether oxygens (including phenoxy) is 2. The average molecular weight is 182 g/mol. The van der Waals surface area contributed by atoms with Crippen LogP contribution in [0.25, 0.3) is 0 Å². The van der Waals surface area contributed by atoms with E-state index in [1.165, 1.54) is 0 Å². The normalized spacial score (nSPS) is 9.69. The van der Waals surface area contributed by atoms with Gasteiger partial charge in [-0.25, -0.2) is 0 Å². The highest BCUT2D eigenvalue weighted by Gasteiger charge is 1.94. The fourth-order valence-corrected chi connectivity index (χ4v) is 0.964. The molecule has 3 N–H and O–H groups in total. The Morgan fingerprint density at radius 1 is 1.15 bits per heavy atom. The molecule has 0 aliphatic rings. The van der Waals surface area contributed by atoms with E-state index in [-0.39, 0.29) is 0 Å². The van der Waals surface area contributed by atoms with E-state index in [0.717, 1.165) is 31.1 Å². The Morgan fingerprint density at radius 2 is 1.77 bits per heavy atom. The Balaban J connectivity index is 2.40. The largest absolute Gasteiger partial charge is 0.497 e. The lowest BCUT2D eigenvalue weighted by molar-refractivity contribution is -0.368. The first-order valence-corrected chi connectivity index (χ1v) is 4.43. The van der Waals surface area contributed by atoms with Crippen LogP contribution in [-0.4, -0.2) is 20.3 Å². The summed E-state index contributed by atoms with van der Waals surface area (Å²) >= 11 is 0. The first-order valence-electron chi connectivity index (χ1n) is 4.43. The lowest BCUT2D eigenvalue weighted by Gasteiger charge is -2.05. The van der Waals surface area contributed by atoms with Gasteiger partial charge in [0.25, 0.3) is 0 Å². The van der Waals surface area contributed by atoms with Crippen LogP contribution < -0.4 is 15.2 Å². The third kappa shape index (κ3) is 3.34. The van der Waals surface area contributed by atoms with Crippen molar-refractivity contribution in [2.75, 3.05) is 20.3 Å². The predicted molar refractivity (Wildman–Crippen MR) is 50.9 cm³/mol. The van der Waals surface area contributed by atoms with E-state index in [1.54, 1.807) is 7.11 Å². The third-order valence-electron chi connectivity index (χ3n) is 1.72. The molecule has 0 saturated carbocycles. The van der Waals surface area contributed by atoms with Gasteiger partial charge in [-0.2, -0.15) is 0 Å². The first kappa shape index (κ1) is 9.86. The van der Waals surface area contributed by atoms with E-state index >= 15 is 0 Å². The molecule has 0 unspecified atom stereocenters. The molecule has 0 aliphatic carbocycles. The highest BCUT2D eigenvalue weighted by molar-refractivity contribution is 5.30. The van der Waals surface area contributed by atoms with Crippen LogP contribution in [0.2, 0.25) is 0 Å². The highest BCUT2D eigenvalue weighted by Crippen LogP contribution is 2.16. The van der Waals surface area contributed by atoms with Crippen molar-refractivity contribution in [2.45, 2.75) is 6.42 Å². The average Bonchev–Trinajstić information content (AvgIpc) is 2.19. The third-order valence-corrected chi connectivity index (χ3v) is 1.72. The van der Waals surface area contributed by atoms with Gasteiger partial charge in [-0.1, -0.05) is 0 Å². The molecule has 0 aliphatic heterocycles. The zero-order valence-corrected chi connectivity index (χ0v) is 7.95. The Morgan fingerprint density at radius 3 is 2.31 bits per heavy atom. The molecule has 0 fully saturated rings. The van der Waals surface area contributed by atoms with Crippen molar-refractivity contribution >= 4 is 0 Å². The van der Waals surface area contributed by atoms with Crippen molar-refractivity contribution in [2.24, 2.45) is 0 Å². The van der Waals surface area contributed by atoms with Gasteiger partial charge in [-0.05, 0) is 24.3 Å². The van der Waals surface area contributed by atoms with Crippen molar-refractivity contribution < 1.29 is 15.2 Å². The fraction of sp³-hybridized carbons (Fsp3) is 0.400. The van der Waals surface area contributed by atoms with Crippen LogP contribution in [0.15, 0.2) is 24.3 Å². The number of methoxy groups -OCH3 is 1. The van der Waals surface area contributed by atoms with Crippen LogP contribution in [0, 0.1) is 0 Å². The van der Waals surface area contributed by atoms with Crippen LogP contribution >= 0.6 is 0 Å². The molecule has 0 amide bonds. The summed E-state index contributed by atoms with van der Waals surface area (Å²) in [6, 6.07) is 7.59. The number of rotatable bonds is 5. The number of benzene rings is 1. The standard InChI is InChI=1S/C10H15NO2/c1-12-9-3-5-10(6-4-9)13-8-2-7-11/h3-6H,2,7-8,11H2,1H3/p+1. The number of hydrogen-bond acceptors (Lipinski definition) is 2. The van der Waals surface area contributed by atoms with E-state index in [1.807, 2.05) is 24.3 Å². The predicted octanol–water partition coefficient (Wildman–Crippen LogP) is 0.706. The topological polar surface area (TPSA) is 46.1 Å². The molecule has 1 rings (SSSR count). The zero-order chi connectivity index (χ0) is 9.52. The van der Waals surface area contributed by atoms with E-state index in [9.17, 15) is 0 Å². The second-order valence-electron chi connectivity index (χ2n) is 2.73. The molecule has 0 heterocycles. The molecule has 0 atom stereocenters. The summed E-state index contributed by atoms with van der Waals surface area (Å²) in [6.07, 6.45) is 0.992. The summed E-state index contributed by atoms with van der Waals surface area (Å²) in [5.74, 6) is 1.73. The quantitative estimate of drug-likeness (QED) is 0.681. The minimum absolute atomic E-state index is 0.732. The van der Waals surface area contributed by atoms with E-state index < -0.39 is 0 Å². The van der Waals surface area contributed by atoms with Gasteiger partial charge in [-0.15, -0.1) is 0 Å². The molecule has 0 saturated heterocycles. The van der Waals surface area contributed by atoms with Crippen molar-refractivity contribution in [3.8, 4) is 11.5 Å². The second kappa shape index (κ2) is 5.43. The summed E-state index contributed by atoms with van der Waals surface area (Å²) in [7, 11) is 1.65. The van der Waals surface area contributed by atoms with E-state index in [0.29, 0.717) is 0 Å². The number of hydrogen-bond donors (Lipinski definition) is 1. The Labute approximate surface area is 78.5 Å². The molecule has 72 valence electrons. The van der Waals surface area contributed by atoms with E-state index in [4.69, 9.17) is 9.47 Å². The van der Waals surface area contributed by atoms with Gasteiger partial charge in [0.1, 0.15) is 11.5 Å². The van der Waals surface area contributed by atoms with Crippen LogP contribution in [0.5, 0.6) is 11.5 Å². The fourth-order valence-electron chi connectivity index (χ4n) is 0.964. The maximum atomic E-state index is 5.45. The summed E-state index contributed by atoms with van der Waals surface area (Å²) in [6.45, 7) is 1.64. The van der Waals surface area contributed by atoms with Crippen molar-refractivity contribution in [1.82, 2.24) is 0 Å². The monoisotopic (exact) mass is 182 g/mol. The lowest BCUT2D eigenvalue weighted by Crippen LogP contribution is -2.50. The minimum Gasteiger partial charge on any atom is -0.497 e. The lowest BCUT2D eigenvalue weighted by atomic mass is 10.3. The molecule has 13 heavy (non-hydrogen) atoms. The van der Waals surface area contributed by atoms with Crippen LogP contribution in [-0.2, 0) is 0 Å². The molecular formula is C10H16NO2+. The van der Waals surface area contributed by atoms with Gasteiger partial charge in [0, 0.05) is 6.42 Å². The summed E-state index contributed by atoms with van der Waals surface area (Å²) < 4.78 is 10.5. The first-order chi connectivity index (χ1) is 6.36. The highest BCUT2D eigenvalue weighted by atomic mass is 16.5. The molecule has 3 nitrogen and oxygen atoms in total. The number of quaternary nitrogens is 1. The van der Waals surface area contributed by atoms with E-state index in [2.05, 4.69) is 5.73 Å². The smallest absolute Gasteiger partial charge is 0.119 e. The molecule has 0 spiro atoms. The van der Waals surface area contributed by atoms with Gasteiger partial charge in [-0.3, -0.25) is 0 Å². The molecule has 3 heteroatoms. The summed E-state index contributed by atoms with van der Waals surface area (Å²) in [5, 5.41) is 0. The van der Waals surface area contributed by atoms with Crippen LogP contribution in [0.3, 0.4) is 0 Å². The Kier molecular flexibility index (Phi) is 4.12. The van der Waals surface area contributed by atoms with Gasteiger partial charge in [0.05, 0.1) is 20.3 Å². The van der Waals surface area contributed by atoms with Gasteiger partial charge < -0.3 is 15.2 Å². The van der Waals surface area contributed by atoms with Crippen LogP contribution in [0.4, 0.5) is 0 Å². The van der Waals surface area contributed by atoms with Crippen LogP contribution in [0.1, 0.15) is 6.42 Å². The Bertz CT molecular complexity index is 233. The molecule has 1 aromatic carbocycles. The van der Waals surface area contributed by atoms with Crippen molar-refractivity contribution in [3.05, 3.63) is 24.3 Å². The molecule has 1 aromatic rings. The summed E-state index contributed by atoms with van der Waals surface area (Å²) in [4.78, 5) is 0. The van der Waals surface area contributed by atoms with Gasteiger partial charge in [0.2, 0.25) is 0 Å².